The summed E-state index contributed by atoms with van der Waals surface area (Å²) in [6.45, 7) is 2.94. The summed E-state index contributed by atoms with van der Waals surface area (Å²) in [5.74, 6) is -0.622. The number of rotatable bonds is 5. The zero-order valence-corrected chi connectivity index (χ0v) is 19.0. The molecule has 1 aliphatic carbocycles. The zero-order valence-electron chi connectivity index (χ0n) is 19.0. The van der Waals surface area contributed by atoms with Gasteiger partial charge in [0.2, 0.25) is 11.8 Å². The predicted octanol–water partition coefficient (Wildman–Crippen LogP) is 1.39. The molecule has 9 nitrogen and oxygen atoms in total. The van der Waals surface area contributed by atoms with E-state index in [0.29, 0.717) is 32.4 Å². The van der Waals surface area contributed by atoms with Crippen molar-refractivity contribution in [3.8, 4) is 6.07 Å². The molecule has 176 valence electrons. The number of likely N-dealkylation sites (tertiary alicyclic amines) is 2. The molecule has 4 rings (SSSR count). The van der Waals surface area contributed by atoms with Gasteiger partial charge >= 0.3 is 6.09 Å². The number of nitrogens with zero attached hydrogens (tertiary/aromatic N) is 3. The Hall–Kier alpha value is -2.34. The molecule has 3 atom stereocenters. The van der Waals surface area contributed by atoms with E-state index in [4.69, 9.17) is 4.74 Å². The molecular weight excluding hydrogens is 410 g/mol. The lowest BCUT2D eigenvalue weighted by Crippen LogP contribution is -2.50. The van der Waals surface area contributed by atoms with Crippen LogP contribution in [0.5, 0.6) is 0 Å². The lowest BCUT2D eigenvalue weighted by molar-refractivity contribution is -0.127. The van der Waals surface area contributed by atoms with Gasteiger partial charge in [-0.2, -0.15) is 5.26 Å². The van der Waals surface area contributed by atoms with Crippen LogP contribution in [0.1, 0.15) is 57.8 Å². The number of carbonyl (C=O) groups excluding carboxylic acids is 3. The van der Waals surface area contributed by atoms with Crippen LogP contribution in [0, 0.1) is 22.7 Å². The van der Waals surface area contributed by atoms with Gasteiger partial charge in [0.25, 0.3) is 0 Å². The van der Waals surface area contributed by atoms with E-state index in [-0.39, 0.29) is 29.3 Å². The second-order valence-electron chi connectivity index (χ2n) is 10.1. The van der Waals surface area contributed by atoms with Gasteiger partial charge in [0, 0.05) is 32.1 Å². The number of hydrogen-bond acceptors (Lipinski definition) is 6. The lowest BCUT2D eigenvalue weighted by Gasteiger charge is -2.31. The van der Waals surface area contributed by atoms with Crippen molar-refractivity contribution >= 4 is 17.9 Å². The van der Waals surface area contributed by atoms with E-state index < -0.39 is 18.2 Å². The first-order chi connectivity index (χ1) is 15.4. The first-order valence-electron chi connectivity index (χ1n) is 12.0. The summed E-state index contributed by atoms with van der Waals surface area (Å²) in [5, 5.41) is 15.2. The first kappa shape index (κ1) is 22.8. The highest BCUT2D eigenvalue weighted by molar-refractivity contribution is 5.87. The summed E-state index contributed by atoms with van der Waals surface area (Å²) in [5.41, 5.74) is -0.0265. The quantitative estimate of drug-likeness (QED) is 0.661. The van der Waals surface area contributed by atoms with Gasteiger partial charge in [-0.25, -0.2) is 4.79 Å². The van der Waals surface area contributed by atoms with E-state index in [1.54, 1.807) is 4.90 Å². The third-order valence-electron chi connectivity index (χ3n) is 7.80. The van der Waals surface area contributed by atoms with Crippen molar-refractivity contribution in [1.82, 2.24) is 20.4 Å². The van der Waals surface area contributed by atoms with Crippen molar-refractivity contribution in [2.24, 2.45) is 11.3 Å². The average molecular weight is 446 g/mol. The number of amides is 3. The van der Waals surface area contributed by atoms with Crippen LogP contribution < -0.4 is 10.6 Å². The highest BCUT2D eigenvalue weighted by atomic mass is 16.6. The third-order valence-corrected chi connectivity index (χ3v) is 7.80. The van der Waals surface area contributed by atoms with Crippen molar-refractivity contribution in [3.05, 3.63) is 0 Å². The molecule has 3 aliphatic heterocycles. The van der Waals surface area contributed by atoms with Crippen LogP contribution in [0.3, 0.4) is 0 Å². The molecule has 1 spiro atoms. The summed E-state index contributed by atoms with van der Waals surface area (Å²) in [6, 6.07) is 0.756. The fraction of sp³-hybridized carbons (Fsp3) is 0.826. The molecule has 3 amide bonds. The average Bonchev–Trinajstić information content (AvgIpc) is 3.51. The largest absolute Gasteiger partial charge is 0.446 e. The van der Waals surface area contributed by atoms with E-state index in [1.165, 1.54) is 0 Å². The summed E-state index contributed by atoms with van der Waals surface area (Å²) >= 11 is 0. The van der Waals surface area contributed by atoms with E-state index in [0.717, 1.165) is 51.6 Å². The Bertz CT molecular complexity index is 767. The van der Waals surface area contributed by atoms with E-state index >= 15 is 0 Å². The van der Waals surface area contributed by atoms with E-state index in [9.17, 15) is 19.6 Å². The van der Waals surface area contributed by atoms with Gasteiger partial charge < -0.3 is 20.3 Å². The number of nitrogens with one attached hydrogen (secondary N) is 2. The second-order valence-corrected chi connectivity index (χ2v) is 10.1. The molecule has 4 aliphatic rings. The van der Waals surface area contributed by atoms with Crippen LogP contribution in [-0.2, 0) is 14.3 Å². The maximum absolute atomic E-state index is 13.2. The molecule has 4 fully saturated rings. The smallest absolute Gasteiger partial charge is 0.410 e. The van der Waals surface area contributed by atoms with Crippen molar-refractivity contribution in [2.75, 3.05) is 33.2 Å². The molecular formula is C23H35N5O4. The number of nitriles is 1. The second kappa shape index (κ2) is 9.65. The standard InChI is InChI=1S/C23H35N5O4/c1-27-10-5-18(6-11-27)32-22(31)28-15-23(7-2-3-8-23)13-19(28)21(30)26-17(14-24)12-16-4-9-25-20(16)29/h16-19H,2-13,15H2,1H3,(H,25,29)(H,26,30). The van der Waals surface area contributed by atoms with Crippen LogP contribution in [0.2, 0.25) is 0 Å². The van der Waals surface area contributed by atoms with E-state index in [1.807, 2.05) is 0 Å². The molecule has 9 heteroatoms. The first-order valence-corrected chi connectivity index (χ1v) is 12.0. The van der Waals surface area contributed by atoms with Crippen LogP contribution >= 0.6 is 0 Å². The molecule has 2 N–H and O–H groups in total. The van der Waals surface area contributed by atoms with Gasteiger partial charge in [-0.15, -0.1) is 0 Å². The Morgan fingerprint density at radius 2 is 2.00 bits per heavy atom. The van der Waals surface area contributed by atoms with Crippen LogP contribution in [-0.4, -0.2) is 79.1 Å². The Balaban J connectivity index is 1.41. The molecule has 0 aromatic rings. The van der Waals surface area contributed by atoms with Crippen molar-refractivity contribution in [1.29, 1.82) is 5.26 Å². The van der Waals surface area contributed by atoms with Crippen molar-refractivity contribution in [2.45, 2.75) is 76.0 Å². The Labute approximate surface area is 189 Å². The maximum atomic E-state index is 13.2. The zero-order chi connectivity index (χ0) is 22.7. The maximum Gasteiger partial charge on any atom is 0.410 e. The Morgan fingerprint density at radius 3 is 2.62 bits per heavy atom. The molecule has 0 aromatic carbocycles. The fourth-order valence-electron chi connectivity index (χ4n) is 5.85. The Morgan fingerprint density at radius 1 is 1.28 bits per heavy atom. The number of ether oxygens (including phenoxy) is 1. The van der Waals surface area contributed by atoms with Gasteiger partial charge in [0.1, 0.15) is 18.2 Å². The van der Waals surface area contributed by atoms with E-state index in [2.05, 4.69) is 28.7 Å². The predicted molar refractivity (Wildman–Crippen MR) is 116 cm³/mol. The van der Waals surface area contributed by atoms with Gasteiger partial charge in [0.05, 0.1) is 6.07 Å². The Kier molecular flexibility index (Phi) is 6.89. The lowest BCUT2D eigenvalue weighted by atomic mass is 9.84. The minimum absolute atomic E-state index is 0.0265. The van der Waals surface area contributed by atoms with Gasteiger partial charge in [-0.05, 0) is 57.4 Å². The monoisotopic (exact) mass is 445 g/mol. The summed E-state index contributed by atoms with van der Waals surface area (Å²) in [7, 11) is 2.06. The van der Waals surface area contributed by atoms with Crippen molar-refractivity contribution < 1.29 is 19.1 Å². The van der Waals surface area contributed by atoms with Crippen LogP contribution in [0.15, 0.2) is 0 Å². The number of hydrogen-bond donors (Lipinski definition) is 2. The summed E-state index contributed by atoms with van der Waals surface area (Å²) < 4.78 is 5.82. The third kappa shape index (κ3) is 5.01. The number of carbonyl (C=O) groups is 3. The molecule has 0 bridgehead atoms. The molecule has 0 radical (unpaired) electrons. The summed E-state index contributed by atoms with van der Waals surface area (Å²) in [6.07, 6.45) is 6.92. The normalized spacial score (nSPS) is 29.0. The molecule has 3 saturated heterocycles. The topological polar surface area (TPSA) is 115 Å². The minimum Gasteiger partial charge on any atom is -0.446 e. The van der Waals surface area contributed by atoms with Gasteiger partial charge in [0.15, 0.2) is 0 Å². The SMILES string of the molecule is CN1CCC(OC(=O)N2CC3(CCCC3)CC2C(=O)NC(C#N)CC2CCNC2=O)CC1. The molecule has 32 heavy (non-hydrogen) atoms. The highest BCUT2D eigenvalue weighted by Gasteiger charge is 2.50. The molecule has 0 aromatic heterocycles. The molecule has 1 saturated carbocycles. The molecule has 3 unspecified atom stereocenters. The molecule has 3 heterocycles. The van der Waals surface area contributed by atoms with Crippen molar-refractivity contribution in [3.63, 3.8) is 0 Å². The van der Waals surface area contributed by atoms with Crippen LogP contribution in [0.25, 0.3) is 0 Å². The fourth-order valence-corrected chi connectivity index (χ4v) is 5.85. The highest BCUT2D eigenvalue weighted by Crippen LogP contribution is 2.48. The van der Waals surface area contributed by atoms with Gasteiger partial charge in [-0.3, -0.25) is 14.5 Å². The van der Waals surface area contributed by atoms with Gasteiger partial charge in [-0.1, -0.05) is 12.8 Å². The van der Waals surface area contributed by atoms with Crippen LogP contribution in [0.4, 0.5) is 4.79 Å². The summed E-state index contributed by atoms with van der Waals surface area (Å²) in [4.78, 5) is 42.1. The minimum atomic E-state index is -0.747. The number of piperidine rings is 1.